The van der Waals surface area contributed by atoms with Crippen LogP contribution in [-0.4, -0.2) is 39.7 Å². The van der Waals surface area contributed by atoms with Crippen LogP contribution in [0.3, 0.4) is 0 Å². The lowest BCUT2D eigenvalue weighted by Crippen LogP contribution is -2.32. The average molecular weight is 370 g/mol. The molecule has 0 bridgehead atoms. The van der Waals surface area contributed by atoms with Gasteiger partial charge >= 0.3 is 0 Å². The van der Waals surface area contributed by atoms with E-state index in [9.17, 15) is 10.2 Å². The van der Waals surface area contributed by atoms with Gasteiger partial charge in [-0.25, -0.2) is 0 Å². The molecule has 4 heteroatoms. The molecule has 0 aromatic heterocycles. The molecule has 1 heterocycles. The van der Waals surface area contributed by atoms with Crippen LogP contribution >= 0.6 is 11.8 Å². The summed E-state index contributed by atoms with van der Waals surface area (Å²) in [6.45, 7) is 4.31. The Balaban J connectivity index is 1.31. The first kappa shape index (κ1) is 17.9. The third-order valence-corrected chi connectivity index (χ3v) is 7.07. The molecule has 1 aliphatic carbocycles. The topological polar surface area (TPSA) is 43.7 Å². The lowest BCUT2D eigenvalue weighted by atomic mass is 9.89. The van der Waals surface area contributed by atoms with Gasteiger partial charge in [-0.3, -0.25) is 4.90 Å². The summed E-state index contributed by atoms with van der Waals surface area (Å²) in [5.74, 6) is 2.53. The maximum absolute atomic E-state index is 11.1. The first-order valence-corrected chi connectivity index (χ1v) is 10.4. The number of aryl methyl sites for hydroxylation is 1. The molecule has 138 valence electrons. The number of aliphatic hydroxyl groups is 1. The predicted octanol–water partition coefficient (Wildman–Crippen LogP) is 4.07. The van der Waals surface area contributed by atoms with E-state index < -0.39 is 5.60 Å². The van der Waals surface area contributed by atoms with Gasteiger partial charge < -0.3 is 10.2 Å². The summed E-state index contributed by atoms with van der Waals surface area (Å²) in [4.78, 5) is 3.70. The monoisotopic (exact) mass is 369 g/mol. The second-order valence-corrected chi connectivity index (χ2v) is 9.08. The van der Waals surface area contributed by atoms with Gasteiger partial charge in [0.2, 0.25) is 0 Å². The van der Waals surface area contributed by atoms with E-state index in [1.54, 1.807) is 12.1 Å². The normalized spacial score (nSPS) is 28.4. The Bertz CT molecular complexity index is 747. The number of hydrogen-bond acceptors (Lipinski definition) is 4. The second-order valence-electron chi connectivity index (χ2n) is 8.06. The van der Waals surface area contributed by atoms with Gasteiger partial charge in [0.15, 0.2) is 0 Å². The van der Waals surface area contributed by atoms with Crippen LogP contribution < -0.4 is 0 Å². The highest BCUT2D eigenvalue weighted by Gasteiger charge is 2.48. The Labute approximate surface area is 160 Å². The molecule has 2 N–H and O–H groups in total. The number of hydrogen-bond donors (Lipinski definition) is 2. The van der Waals surface area contributed by atoms with Crippen LogP contribution in [0.5, 0.6) is 5.75 Å². The van der Waals surface area contributed by atoms with Crippen LogP contribution in [-0.2, 0) is 6.42 Å². The van der Waals surface area contributed by atoms with Crippen molar-refractivity contribution >= 4 is 11.8 Å². The van der Waals surface area contributed by atoms with Crippen molar-refractivity contribution in [3.63, 3.8) is 0 Å². The van der Waals surface area contributed by atoms with Gasteiger partial charge in [0, 0.05) is 30.3 Å². The summed E-state index contributed by atoms with van der Waals surface area (Å²) in [6.07, 6.45) is 2.63. The molecule has 3 atom stereocenters. The molecule has 2 aliphatic rings. The largest absolute Gasteiger partial charge is 0.508 e. The van der Waals surface area contributed by atoms with Crippen molar-refractivity contribution in [1.82, 2.24) is 4.90 Å². The second kappa shape index (κ2) is 7.26. The first-order valence-electron chi connectivity index (χ1n) is 9.42. The van der Waals surface area contributed by atoms with Gasteiger partial charge in [0.1, 0.15) is 5.75 Å². The Morgan fingerprint density at radius 3 is 2.35 bits per heavy atom. The molecule has 0 amide bonds. The van der Waals surface area contributed by atoms with E-state index in [0.717, 1.165) is 38.2 Å². The molecule has 1 unspecified atom stereocenters. The maximum Gasteiger partial charge on any atom is 0.115 e. The maximum atomic E-state index is 11.1. The van der Waals surface area contributed by atoms with E-state index in [1.807, 2.05) is 23.9 Å². The number of fused-ring (bicyclic) bond motifs is 1. The SMILES string of the molecule is Cc1ccccc1CC1(O)C[C@H]2CN(CSc3ccc(O)cc3)C[C@H]2C1. The van der Waals surface area contributed by atoms with Crippen LogP contribution in [0, 0.1) is 18.8 Å². The summed E-state index contributed by atoms with van der Waals surface area (Å²) in [5.41, 5.74) is 2.04. The standard InChI is InChI=1S/C22H27NO2S/c1-16-4-2-3-5-17(16)10-22(25)11-18-13-23(14-19(18)12-22)15-26-21-8-6-20(24)7-9-21/h2-9,18-19,24-25H,10-15H2,1H3/t18-,19+,22?. The fourth-order valence-electron chi connectivity index (χ4n) is 4.68. The van der Waals surface area contributed by atoms with Gasteiger partial charge in [0.25, 0.3) is 0 Å². The van der Waals surface area contributed by atoms with E-state index in [1.165, 1.54) is 16.0 Å². The van der Waals surface area contributed by atoms with Crippen LogP contribution in [0.2, 0.25) is 0 Å². The van der Waals surface area contributed by atoms with E-state index >= 15 is 0 Å². The number of phenols is 1. The summed E-state index contributed by atoms with van der Waals surface area (Å²) < 4.78 is 0. The molecule has 1 saturated carbocycles. The van der Waals surface area contributed by atoms with Crippen molar-refractivity contribution in [2.24, 2.45) is 11.8 Å². The van der Waals surface area contributed by atoms with Crippen molar-refractivity contribution < 1.29 is 10.2 Å². The van der Waals surface area contributed by atoms with Gasteiger partial charge in [-0.05, 0) is 67.0 Å². The van der Waals surface area contributed by atoms with Gasteiger partial charge in [-0.15, -0.1) is 11.8 Å². The third kappa shape index (κ3) is 3.93. The molecule has 2 fully saturated rings. The molecule has 26 heavy (non-hydrogen) atoms. The van der Waals surface area contributed by atoms with Crippen molar-refractivity contribution in [1.29, 1.82) is 0 Å². The number of benzene rings is 2. The van der Waals surface area contributed by atoms with Crippen molar-refractivity contribution in [2.45, 2.75) is 36.7 Å². The number of aromatic hydroxyl groups is 1. The number of likely N-dealkylation sites (tertiary alicyclic amines) is 1. The molecule has 4 rings (SSSR count). The lowest BCUT2D eigenvalue weighted by molar-refractivity contribution is 0.0361. The molecule has 2 aromatic rings. The minimum atomic E-state index is -0.530. The Kier molecular flexibility index (Phi) is 5.00. The minimum Gasteiger partial charge on any atom is -0.508 e. The first-order chi connectivity index (χ1) is 12.5. The van der Waals surface area contributed by atoms with Crippen LogP contribution in [0.25, 0.3) is 0 Å². The molecular formula is C22H27NO2S. The Morgan fingerprint density at radius 1 is 1.04 bits per heavy atom. The molecule has 0 spiro atoms. The fraction of sp³-hybridized carbons (Fsp3) is 0.455. The number of phenolic OH excluding ortho intramolecular Hbond substituents is 1. The van der Waals surface area contributed by atoms with Crippen molar-refractivity contribution in [3.8, 4) is 5.75 Å². The molecule has 1 saturated heterocycles. The smallest absolute Gasteiger partial charge is 0.115 e. The van der Waals surface area contributed by atoms with Gasteiger partial charge in [-0.1, -0.05) is 24.3 Å². The minimum absolute atomic E-state index is 0.318. The van der Waals surface area contributed by atoms with Crippen LogP contribution in [0.1, 0.15) is 24.0 Å². The van der Waals surface area contributed by atoms with Crippen molar-refractivity contribution in [3.05, 3.63) is 59.7 Å². The van der Waals surface area contributed by atoms with Crippen LogP contribution in [0.4, 0.5) is 0 Å². The Hall–Kier alpha value is -1.49. The number of rotatable bonds is 5. The van der Waals surface area contributed by atoms with E-state index in [4.69, 9.17) is 0 Å². The zero-order valence-electron chi connectivity index (χ0n) is 15.3. The molecular weight excluding hydrogens is 342 g/mol. The van der Waals surface area contributed by atoms with Gasteiger partial charge in [-0.2, -0.15) is 0 Å². The highest BCUT2D eigenvalue weighted by molar-refractivity contribution is 7.99. The van der Waals surface area contributed by atoms with Crippen LogP contribution in [0.15, 0.2) is 53.4 Å². The van der Waals surface area contributed by atoms with E-state index in [0.29, 0.717) is 17.6 Å². The zero-order chi connectivity index (χ0) is 18.1. The summed E-state index contributed by atoms with van der Waals surface area (Å²) in [7, 11) is 0. The molecule has 1 aliphatic heterocycles. The van der Waals surface area contributed by atoms with E-state index in [2.05, 4.69) is 36.1 Å². The fourth-order valence-corrected chi connectivity index (χ4v) is 5.55. The zero-order valence-corrected chi connectivity index (χ0v) is 16.1. The highest BCUT2D eigenvalue weighted by Crippen LogP contribution is 2.46. The van der Waals surface area contributed by atoms with E-state index in [-0.39, 0.29) is 0 Å². The van der Waals surface area contributed by atoms with Crippen molar-refractivity contribution in [2.75, 3.05) is 19.0 Å². The quantitative estimate of drug-likeness (QED) is 0.780. The molecule has 2 aromatic carbocycles. The average Bonchev–Trinajstić information content (AvgIpc) is 3.11. The third-order valence-electron chi connectivity index (χ3n) is 5.97. The summed E-state index contributed by atoms with van der Waals surface area (Å²) in [5, 5.41) is 20.5. The molecule has 3 nitrogen and oxygen atoms in total. The summed E-state index contributed by atoms with van der Waals surface area (Å²) in [6, 6.07) is 15.9. The highest BCUT2D eigenvalue weighted by atomic mass is 32.2. The Morgan fingerprint density at radius 2 is 1.69 bits per heavy atom. The number of nitrogens with zero attached hydrogens (tertiary/aromatic N) is 1. The lowest BCUT2D eigenvalue weighted by Gasteiger charge is -2.26. The van der Waals surface area contributed by atoms with Gasteiger partial charge in [0.05, 0.1) is 5.60 Å². The summed E-state index contributed by atoms with van der Waals surface area (Å²) >= 11 is 1.82. The molecule has 0 radical (unpaired) electrons. The number of thioether (sulfide) groups is 1. The predicted molar refractivity (Wildman–Crippen MR) is 106 cm³/mol.